The molecule has 1 aliphatic rings. The average molecular weight is 342 g/mol. The predicted octanol–water partition coefficient (Wildman–Crippen LogP) is 2.69. The number of nitrogens with zero attached hydrogens (tertiary/aromatic N) is 2. The Hall–Kier alpha value is -2.76. The monoisotopic (exact) mass is 342 g/mol. The number of ether oxygens (including phenoxy) is 1. The van der Waals surface area contributed by atoms with Gasteiger partial charge in [0.25, 0.3) is 0 Å². The van der Waals surface area contributed by atoms with E-state index in [0.29, 0.717) is 19.7 Å². The summed E-state index contributed by atoms with van der Waals surface area (Å²) in [5, 5.41) is 0. The first kappa shape index (κ1) is 17.1. The lowest BCUT2D eigenvalue weighted by Gasteiger charge is -2.21. The van der Waals surface area contributed by atoms with Crippen molar-refractivity contribution in [2.75, 3.05) is 25.1 Å². The molecule has 1 aromatic heterocycles. The van der Waals surface area contributed by atoms with E-state index >= 15 is 0 Å². The summed E-state index contributed by atoms with van der Waals surface area (Å²) in [6.45, 7) is 3.32. The third-order valence-corrected chi connectivity index (χ3v) is 4.28. The smallest absolute Gasteiger partial charge is 0.228 e. The molecule has 3 rings (SSSR count). The SMILES string of the molecule is CCOc1ccc(N2C[C@@H](C(=O)N(C)Cc3ccco3)CC2=O)cc1. The third kappa shape index (κ3) is 3.84. The molecule has 2 aromatic rings. The molecule has 1 saturated heterocycles. The van der Waals surface area contributed by atoms with Crippen LogP contribution in [0.1, 0.15) is 19.1 Å². The van der Waals surface area contributed by atoms with Gasteiger partial charge in [0, 0.05) is 25.7 Å². The van der Waals surface area contributed by atoms with Crippen LogP contribution in [0.15, 0.2) is 47.1 Å². The van der Waals surface area contributed by atoms with Crippen LogP contribution >= 0.6 is 0 Å². The molecule has 0 spiro atoms. The lowest BCUT2D eigenvalue weighted by atomic mass is 10.1. The van der Waals surface area contributed by atoms with Gasteiger partial charge in [0.15, 0.2) is 0 Å². The zero-order valence-corrected chi connectivity index (χ0v) is 14.5. The fraction of sp³-hybridized carbons (Fsp3) is 0.368. The minimum absolute atomic E-state index is 0.0334. The van der Waals surface area contributed by atoms with E-state index in [9.17, 15) is 9.59 Å². The van der Waals surface area contributed by atoms with Crippen molar-refractivity contribution in [3.63, 3.8) is 0 Å². The molecule has 1 fully saturated rings. The van der Waals surface area contributed by atoms with Gasteiger partial charge in [-0.15, -0.1) is 0 Å². The molecule has 0 radical (unpaired) electrons. The molecule has 1 atom stereocenters. The Labute approximate surface area is 147 Å². The predicted molar refractivity (Wildman–Crippen MR) is 93.3 cm³/mol. The van der Waals surface area contributed by atoms with E-state index in [2.05, 4.69) is 0 Å². The highest BCUT2D eigenvalue weighted by Crippen LogP contribution is 2.28. The number of benzene rings is 1. The van der Waals surface area contributed by atoms with E-state index in [1.54, 1.807) is 29.2 Å². The minimum atomic E-state index is -0.334. The van der Waals surface area contributed by atoms with Gasteiger partial charge in [-0.25, -0.2) is 0 Å². The fourth-order valence-electron chi connectivity index (χ4n) is 3.04. The van der Waals surface area contributed by atoms with E-state index in [1.165, 1.54) is 0 Å². The molecular formula is C19H22N2O4. The molecule has 2 heterocycles. The second kappa shape index (κ2) is 7.42. The number of amides is 2. The summed E-state index contributed by atoms with van der Waals surface area (Å²) < 4.78 is 10.7. The van der Waals surface area contributed by atoms with Gasteiger partial charge < -0.3 is 19.0 Å². The first-order valence-electron chi connectivity index (χ1n) is 8.39. The lowest BCUT2D eigenvalue weighted by Crippen LogP contribution is -2.34. The van der Waals surface area contributed by atoms with Crippen LogP contribution in [0.3, 0.4) is 0 Å². The normalized spacial score (nSPS) is 17.0. The third-order valence-electron chi connectivity index (χ3n) is 4.28. The van der Waals surface area contributed by atoms with Crippen molar-refractivity contribution in [2.24, 2.45) is 5.92 Å². The summed E-state index contributed by atoms with van der Waals surface area (Å²) in [7, 11) is 1.73. The first-order valence-corrected chi connectivity index (χ1v) is 8.39. The number of furan rings is 1. The topological polar surface area (TPSA) is 63.0 Å². The molecule has 2 amide bonds. The Kier molecular flexibility index (Phi) is 5.07. The molecule has 0 bridgehead atoms. The fourth-order valence-corrected chi connectivity index (χ4v) is 3.04. The number of carbonyl (C=O) groups excluding carboxylic acids is 2. The zero-order chi connectivity index (χ0) is 17.8. The highest BCUT2D eigenvalue weighted by Gasteiger charge is 2.36. The number of carbonyl (C=O) groups is 2. The van der Waals surface area contributed by atoms with Crippen LogP contribution in [-0.2, 0) is 16.1 Å². The standard InChI is InChI=1S/C19H22N2O4/c1-3-24-16-8-6-15(7-9-16)21-12-14(11-18(21)22)19(23)20(2)13-17-5-4-10-25-17/h4-10,14H,3,11-13H2,1-2H3/t14-/m0/s1. The molecule has 25 heavy (non-hydrogen) atoms. The summed E-state index contributed by atoms with van der Waals surface area (Å²) in [6, 6.07) is 11.0. The summed E-state index contributed by atoms with van der Waals surface area (Å²) in [5.74, 6) is 1.08. The second-order valence-electron chi connectivity index (χ2n) is 6.11. The molecule has 6 heteroatoms. The van der Waals surface area contributed by atoms with Crippen LogP contribution in [0.4, 0.5) is 5.69 Å². The van der Waals surface area contributed by atoms with Gasteiger partial charge in [0.1, 0.15) is 11.5 Å². The van der Waals surface area contributed by atoms with Gasteiger partial charge in [-0.2, -0.15) is 0 Å². The van der Waals surface area contributed by atoms with E-state index in [-0.39, 0.29) is 24.2 Å². The van der Waals surface area contributed by atoms with Crippen LogP contribution in [0.2, 0.25) is 0 Å². The van der Waals surface area contributed by atoms with Crippen LogP contribution in [0.5, 0.6) is 5.75 Å². The van der Waals surface area contributed by atoms with Crippen molar-refractivity contribution in [2.45, 2.75) is 19.9 Å². The molecule has 0 unspecified atom stereocenters. The number of rotatable bonds is 6. The van der Waals surface area contributed by atoms with Gasteiger partial charge >= 0.3 is 0 Å². The van der Waals surface area contributed by atoms with Gasteiger partial charge in [0.05, 0.1) is 25.3 Å². The maximum absolute atomic E-state index is 12.6. The Morgan fingerprint density at radius 1 is 1.32 bits per heavy atom. The minimum Gasteiger partial charge on any atom is -0.494 e. The molecule has 0 saturated carbocycles. The molecule has 6 nitrogen and oxygen atoms in total. The van der Waals surface area contributed by atoms with Crippen molar-refractivity contribution < 1.29 is 18.7 Å². The van der Waals surface area contributed by atoms with Crippen LogP contribution < -0.4 is 9.64 Å². The quantitative estimate of drug-likeness (QED) is 0.810. The van der Waals surface area contributed by atoms with Crippen LogP contribution in [-0.4, -0.2) is 36.9 Å². The van der Waals surface area contributed by atoms with Gasteiger partial charge in [0.2, 0.25) is 11.8 Å². The summed E-state index contributed by atoms with van der Waals surface area (Å²) in [6.07, 6.45) is 1.81. The number of hydrogen-bond donors (Lipinski definition) is 0. The largest absolute Gasteiger partial charge is 0.494 e. The number of anilines is 1. The van der Waals surface area contributed by atoms with Crippen molar-refractivity contribution in [3.05, 3.63) is 48.4 Å². The van der Waals surface area contributed by atoms with E-state index in [0.717, 1.165) is 17.2 Å². The Morgan fingerprint density at radius 2 is 2.08 bits per heavy atom. The van der Waals surface area contributed by atoms with Crippen LogP contribution in [0, 0.1) is 5.92 Å². The molecule has 1 aliphatic heterocycles. The average Bonchev–Trinajstić information content (AvgIpc) is 3.25. The van der Waals surface area contributed by atoms with Crippen LogP contribution in [0.25, 0.3) is 0 Å². The maximum atomic E-state index is 12.6. The summed E-state index contributed by atoms with van der Waals surface area (Å²) >= 11 is 0. The van der Waals surface area contributed by atoms with E-state index in [4.69, 9.17) is 9.15 Å². The van der Waals surface area contributed by atoms with Crippen molar-refractivity contribution >= 4 is 17.5 Å². The van der Waals surface area contributed by atoms with Crippen molar-refractivity contribution in [1.29, 1.82) is 0 Å². The van der Waals surface area contributed by atoms with Gasteiger partial charge in [-0.05, 0) is 43.3 Å². The lowest BCUT2D eigenvalue weighted by molar-refractivity contribution is -0.135. The summed E-state index contributed by atoms with van der Waals surface area (Å²) in [5.41, 5.74) is 0.789. The van der Waals surface area contributed by atoms with Crippen molar-refractivity contribution in [1.82, 2.24) is 4.90 Å². The van der Waals surface area contributed by atoms with E-state index in [1.807, 2.05) is 37.3 Å². The van der Waals surface area contributed by atoms with Gasteiger partial charge in [-0.3, -0.25) is 9.59 Å². The molecule has 0 aliphatic carbocycles. The van der Waals surface area contributed by atoms with Gasteiger partial charge in [-0.1, -0.05) is 0 Å². The number of hydrogen-bond acceptors (Lipinski definition) is 4. The summed E-state index contributed by atoms with van der Waals surface area (Å²) in [4.78, 5) is 28.2. The maximum Gasteiger partial charge on any atom is 0.228 e. The Bertz CT molecular complexity index is 724. The Balaban J connectivity index is 1.64. The molecule has 0 N–H and O–H groups in total. The highest BCUT2D eigenvalue weighted by molar-refractivity contribution is 6.00. The Morgan fingerprint density at radius 3 is 2.72 bits per heavy atom. The molecule has 132 valence electrons. The molecular weight excluding hydrogens is 320 g/mol. The van der Waals surface area contributed by atoms with Crippen molar-refractivity contribution in [3.8, 4) is 5.75 Å². The van der Waals surface area contributed by atoms with E-state index < -0.39 is 0 Å². The second-order valence-corrected chi connectivity index (χ2v) is 6.11. The zero-order valence-electron chi connectivity index (χ0n) is 14.5. The first-order chi connectivity index (χ1) is 12.1. The highest BCUT2D eigenvalue weighted by atomic mass is 16.5. The molecule has 1 aromatic carbocycles.